The van der Waals surface area contributed by atoms with E-state index in [2.05, 4.69) is 15.3 Å². The molecule has 1 unspecified atom stereocenters. The van der Waals surface area contributed by atoms with E-state index in [1.807, 2.05) is 24.3 Å². The van der Waals surface area contributed by atoms with Gasteiger partial charge >= 0.3 is 12.0 Å². The summed E-state index contributed by atoms with van der Waals surface area (Å²) in [6, 6.07) is 12.5. The van der Waals surface area contributed by atoms with E-state index in [1.165, 1.54) is 0 Å². The lowest BCUT2D eigenvalue weighted by Crippen LogP contribution is -2.45. The molecule has 9 heteroatoms. The van der Waals surface area contributed by atoms with E-state index in [0.717, 1.165) is 11.1 Å². The molecule has 3 rings (SSSR count). The van der Waals surface area contributed by atoms with Gasteiger partial charge in [0.05, 0.1) is 26.4 Å². The van der Waals surface area contributed by atoms with E-state index in [1.54, 1.807) is 32.4 Å². The third-order valence-corrected chi connectivity index (χ3v) is 4.52. The molecule has 0 fully saturated rings. The lowest BCUT2D eigenvalue weighted by atomic mass is 10.0. The first kappa shape index (κ1) is 20.9. The molecule has 29 heavy (non-hydrogen) atoms. The van der Waals surface area contributed by atoms with Gasteiger partial charge in [0.25, 0.3) is 0 Å². The number of halogens is 3. The van der Waals surface area contributed by atoms with Crippen molar-refractivity contribution in [1.29, 1.82) is 0 Å². The van der Waals surface area contributed by atoms with Gasteiger partial charge in [0.15, 0.2) is 11.5 Å². The molecular weight excluding hydrogens is 389 g/mol. The standard InChI is InChI=1S/C20H21F3N2O4/c1-27-17-7-6-14(9-18(17)28-2)12-24-11-13-4-3-5-15(8-13)16-10-19(26,29-25-16)20(21,22)23/h3-9,24,26H,10-12H2,1-2H3. The van der Waals surface area contributed by atoms with Crippen LogP contribution in [0.15, 0.2) is 47.6 Å². The molecule has 1 aliphatic heterocycles. The number of ether oxygens (including phenoxy) is 2. The zero-order valence-corrected chi connectivity index (χ0v) is 15.9. The number of benzene rings is 2. The van der Waals surface area contributed by atoms with Crippen molar-refractivity contribution >= 4 is 5.71 Å². The van der Waals surface area contributed by atoms with Crippen LogP contribution in [0.25, 0.3) is 0 Å². The van der Waals surface area contributed by atoms with Crippen molar-refractivity contribution in [3.8, 4) is 11.5 Å². The first-order valence-corrected chi connectivity index (χ1v) is 8.81. The van der Waals surface area contributed by atoms with Crippen molar-refractivity contribution < 1.29 is 32.6 Å². The molecular formula is C20H21F3N2O4. The van der Waals surface area contributed by atoms with Crippen LogP contribution >= 0.6 is 0 Å². The highest BCUT2D eigenvalue weighted by atomic mass is 19.4. The van der Waals surface area contributed by atoms with Crippen molar-refractivity contribution in [2.45, 2.75) is 31.5 Å². The number of hydrogen-bond donors (Lipinski definition) is 2. The number of alkyl halides is 3. The van der Waals surface area contributed by atoms with Gasteiger partial charge in [-0.15, -0.1) is 0 Å². The van der Waals surface area contributed by atoms with E-state index >= 15 is 0 Å². The van der Waals surface area contributed by atoms with Crippen molar-refractivity contribution in [3.63, 3.8) is 0 Å². The van der Waals surface area contributed by atoms with Gasteiger partial charge < -0.3 is 24.7 Å². The third-order valence-electron chi connectivity index (χ3n) is 4.52. The van der Waals surface area contributed by atoms with Gasteiger partial charge in [-0.1, -0.05) is 29.4 Å². The third kappa shape index (κ3) is 4.63. The number of aliphatic hydroxyl groups is 1. The Balaban J connectivity index is 1.61. The average Bonchev–Trinajstić information content (AvgIpc) is 3.12. The highest BCUT2D eigenvalue weighted by Gasteiger charge is 2.60. The predicted molar refractivity (Wildman–Crippen MR) is 99.8 cm³/mol. The van der Waals surface area contributed by atoms with Crippen LogP contribution in [-0.4, -0.2) is 37.0 Å². The van der Waals surface area contributed by atoms with Gasteiger partial charge in [-0.05, 0) is 34.9 Å². The van der Waals surface area contributed by atoms with Gasteiger partial charge in [-0.3, -0.25) is 0 Å². The maximum atomic E-state index is 12.9. The normalized spacial score (nSPS) is 18.9. The molecule has 2 aromatic carbocycles. The topological polar surface area (TPSA) is 72.3 Å². The number of rotatable bonds is 7. The van der Waals surface area contributed by atoms with Gasteiger partial charge in [0.2, 0.25) is 0 Å². The highest BCUT2D eigenvalue weighted by Crippen LogP contribution is 2.39. The maximum absolute atomic E-state index is 12.9. The SMILES string of the molecule is COc1ccc(CNCc2cccc(C3=NOC(O)(C(F)(F)F)C3)c2)cc1OC. The van der Waals surface area contributed by atoms with Crippen molar-refractivity contribution in [1.82, 2.24) is 5.32 Å². The summed E-state index contributed by atoms with van der Waals surface area (Å²) in [7, 11) is 3.13. The second kappa shape index (κ2) is 8.30. The van der Waals surface area contributed by atoms with Crippen molar-refractivity contribution in [2.24, 2.45) is 5.16 Å². The Labute approximate surface area is 165 Å². The van der Waals surface area contributed by atoms with Gasteiger partial charge in [-0.25, -0.2) is 0 Å². The fourth-order valence-electron chi connectivity index (χ4n) is 2.93. The lowest BCUT2D eigenvalue weighted by Gasteiger charge is -2.22. The minimum absolute atomic E-state index is 0.0477. The van der Waals surface area contributed by atoms with Crippen LogP contribution in [0, 0.1) is 0 Å². The van der Waals surface area contributed by atoms with Crippen LogP contribution in [0.4, 0.5) is 13.2 Å². The Hall–Kier alpha value is -2.78. The van der Waals surface area contributed by atoms with E-state index in [9.17, 15) is 18.3 Å². The number of nitrogens with one attached hydrogen (secondary N) is 1. The number of methoxy groups -OCH3 is 2. The summed E-state index contributed by atoms with van der Waals surface area (Å²) in [6.45, 7) is 1.04. The smallest absolute Gasteiger partial charge is 0.458 e. The Bertz CT molecular complexity index is 902. The molecule has 1 aliphatic rings. The van der Waals surface area contributed by atoms with E-state index in [-0.39, 0.29) is 5.71 Å². The highest BCUT2D eigenvalue weighted by molar-refractivity contribution is 6.01. The molecule has 2 aromatic rings. The molecule has 0 saturated heterocycles. The summed E-state index contributed by atoms with van der Waals surface area (Å²) in [5.41, 5.74) is 2.36. The summed E-state index contributed by atoms with van der Waals surface area (Å²) in [4.78, 5) is 4.27. The van der Waals surface area contributed by atoms with Crippen LogP contribution in [0.5, 0.6) is 11.5 Å². The predicted octanol–water partition coefficient (Wildman–Crippen LogP) is 3.37. The largest absolute Gasteiger partial charge is 0.493 e. The van der Waals surface area contributed by atoms with Crippen LogP contribution in [0.1, 0.15) is 23.1 Å². The van der Waals surface area contributed by atoms with Crippen LogP contribution in [-0.2, 0) is 17.9 Å². The second-order valence-electron chi connectivity index (χ2n) is 6.58. The molecule has 156 valence electrons. The van der Waals surface area contributed by atoms with Gasteiger partial charge in [-0.2, -0.15) is 13.2 Å². The summed E-state index contributed by atoms with van der Waals surface area (Å²) in [5, 5.41) is 16.3. The minimum Gasteiger partial charge on any atom is -0.493 e. The lowest BCUT2D eigenvalue weighted by molar-refractivity contribution is -0.355. The molecule has 0 radical (unpaired) electrons. The molecule has 6 nitrogen and oxygen atoms in total. The Morgan fingerprint density at radius 2 is 1.76 bits per heavy atom. The Morgan fingerprint density at radius 3 is 2.38 bits per heavy atom. The van der Waals surface area contributed by atoms with E-state index in [0.29, 0.717) is 30.2 Å². The Kier molecular flexibility index (Phi) is 5.99. The summed E-state index contributed by atoms with van der Waals surface area (Å²) < 4.78 is 49.1. The van der Waals surface area contributed by atoms with E-state index < -0.39 is 18.4 Å². The monoisotopic (exact) mass is 410 g/mol. The van der Waals surface area contributed by atoms with Crippen molar-refractivity contribution in [3.05, 3.63) is 59.2 Å². The van der Waals surface area contributed by atoms with Gasteiger partial charge in [0, 0.05) is 13.1 Å². The average molecular weight is 410 g/mol. The molecule has 0 bridgehead atoms. The molecule has 1 atom stereocenters. The van der Waals surface area contributed by atoms with Crippen molar-refractivity contribution in [2.75, 3.05) is 14.2 Å². The number of nitrogens with zero attached hydrogens (tertiary/aromatic N) is 1. The summed E-state index contributed by atoms with van der Waals surface area (Å²) in [5.74, 6) is -2.00. The molecule has 0 saturated carbocycles. The summed E-state index contributed by atoms with van der Waals surface area (Å²) in [6.07, 6.45) is -5.67. The molecule has 1 heterocycles. The molecule has 0 aliphatic carbocycles. The number of hydrogen-bond acceptors (Lipinski definition) is 6. The second-order valence-corrected chi connectivity index (χ2v) is 6.58. The zero-order valence-electron chi connectivity index (χ0n) is 15.9. The fraction of sp³-hybridized carbons (Fsp3) is 0.350. The van der Waals surface area contributed by atoms with E-state index in [4.69, 9.17) is 9.47 Å². The molecule has 0 aromatic heterocycles. The Morgan fingerprint density at radius 1 is 1.07 bits per heavy atom. The summed E-state index contributed by atoms with van der Waals surface area (Å²) >= 11 is 0. The quantitative estimate of drug-likeness (QED) is 0.732. The first-order chi connectivity index (χ1) is 13.8. The van der Waals surface area contributed by atoms with Gasteiger partial charge in [0.1, 0.15) is 0 Å². The van der Waals surface area contributed by atoms with Crippen LogP contribution in [0.3, 0.4) is 0 Å². The molecule has 2 N–H and O–H groups in total. The molecule has 0 spiro atoms. The zero-order chi connectivity index (χ0) is 21.1. The number of oxime groups is 1. The van der Waals surface area contributed by atoms with Crippen LogP contribution < -0.4 is 14.8 Å². The maximum Gasteiger partial charge on any atom is 0.458 e. The van der Waals surface area contributed by atoms with Crippen LogP contribution in [0.2, 0.25) is 0 Å². The molecule has 0 amide bonds. The minimum atomic E-state index is -4.92. The first-order valence-electron chi connectivity index (χ1n) is 8.81. The fourth-order valence-corrected chi connectivity index (χ4v) is 2.93.